The van der Waals surface area contributed by atoms with Crippen LogP contribution in [0.5, 0.6) is 0 Å². The molecule has 0 unspecified atom stereocenters. The molecule has 0 N–H and O–H groups in total. The highest BCUT2D eigenvalue weighted by atomic mass is 16.5. The van der Waals surface area contributed by atoms with Crippen molar-refractivity contribution in [3.8, 4) is 0 Å². The average molecular weight is 448 g/mol. The molecule has 174 valence electrons. The smallest absolute Gasteiger partial charge is 0.310 e. The van der Waals surface area contributed by atoms with E-state index in [2.05, 4.69) is 49.1 Å². The highest BCUT2D eigenvalue weighted by molar-refractivity contribution is 6.03. The van der Waals surface area contributed by atoms with Gasteiger partial charge in [-0.2, -0.15) is 5.10 Å². The Labute approximate surface area is 196 Å². The molecule has 2 heterocycles. The Bertz CT molecular complexity index is 1030. The SMILES string of the molecule is CCOC(=O)[C@H]1CCCN(CC(=O)N2N=C(c3ccc(C)c(C)c3)C[C@@H]2c2ccccc2)C1. The third-order valence-electron chi connectivity index (χ3n) is 6.67. The van der Waals surface area contributed by atoms with Gasteiger partial charge in [0.2, 0.25) is 0 Å². The molecule has 1 amide bonds. The monoisotopic (exact) mass is 447 g/mol. The molecular formula is C27H33N3O3. The maximum absolute atomic E-state index is 13.5. The number of piperidine rings is 1. The lowest BCUT2D eigenvalue weighted by Gasteiger charge is -2.32. The second-order valence-corrected chi connectivity index (χ2v) is 9.04. The van der Waals surface area contributed by atoms with Crippen LogP contribution >= 0.6 is 0 Å². The molecule has 0 saturated carbocycles. The maximum atomic E-state index is 13.5. The normalized spacial score (nSPS) is 21.1. The third kappa shape index (κ3) is 5.33. The largest absolute Gasteiger partial charge is 0.466 e. The van der Waals surface area contributed by atoms with Crippen molar-refractivity contribution in [3.63, 3.8) is 0 Å². The molecule has 2 aromatic carbocycles. The molecule has 6 heteroatoms. The Morgan fingerprint density at radius 2 is 1.88 bits per heavy atom. The minimum absolute atomic E-state index is 0.0350. The number of hydrogen-bond donors (Lipinski definition) is 0. The molecule has 0 spiro atoms. The number of ether oxygens (including phenoxy) is 1. The number of benzene rings is 2. The van der Waals surface area contributed by atoms with Gasteiger partial charge in [-0.05, 0) is 68.5 Å². The van der Waals surface area contributed by atoms with E-state index in [1.807, 2.05) is 25.1 Å². The van der Waals surface area contributed by atoms with Crippen LogP contribution in [0.25, 0.3) is 0 Å². The van der Waals surface area contributed by atoms with Crippen LogP contribution in [0, 0.1) is 19.8 Å². The fourth-order valence-electron chi connectivity index (χ4n) is 4.69. The molecule has 0 aliphatic carbocycles. The summed E-state index contributed by atoms with van der Waals surface area (Å²) < 4.78 is 5.21. The van der Waals surface area contributed by atoms with Gasteiger partial charge < -0.3 is 4.74 Å². The van der Waals surface area contributed by atoms with E-state index in [4.69, 9.17) is 9.84 Å². The minimum atomic E-state index is -0.162. The number of amides is 1. The minimum Gasteiger partial charge on any atom is -0.466 e. The highest BCUT2D eigenvalue weighted by Gasteiger charge is 2.35. The molecule has 2 atom stereocenters. The fourth-order valence-corrected chi connectivity index (χ4v) is 4.69. The number of aryl methyl sites for hydroxylation is 2. The highest BCUT2D eigenvalue weighted by Crippen LogP contribution is 2.33. The number of hydrogen-bond acceptors (Lipinski definition) is 5. The summed E-state index contributed by atoms with van der Waals surface area (Å²) in [4.78, 5) is 27.7. The van der Waals surface area contributed by atoms with Gasteiger partial charge in [-0.15, -0.1) is 0 Å². The molecule has 1 fully saturated rings. The molecular weight excluding hydrogens is 414 g/mol. The Kier molecular flexibility index (Phi) is 7.23. The van der Waals surface area contributed by atoms with Gasteiger partial charge in [0.15, 0.2) is 0 Å². The molecule has 6 nitrogen and oxygen atoms in total. The molecule has 2 aliphatic heterocycles. The van der Waals surface area contributed by atoms with E-state index < -0.39 is 0 Å². The topological polar surface area (TPSA) is 62.2 Å². The number of nitrogens with zero attached hydrogens (tertiary/aromatic N) is 3. The van der Waals surface area contributed by atoms with Crippen molar-refractivity contribution in [1.82, 2.24) is 9.91 Å². The summed E-state index contributed by atoms with van der Waals surface area (Å²) in [5, 5.41) is 6.48. The molecule has 4 rings (SSSR count). The molecule has 2 aromatic rings. The molecule has 1 saturated heterocycles. The van der Waals surface area contributed by atoms with E-state index in [-0.39, 0.29) is 30.4 Å². The number of carbonyl (C=O) groups is 2. The Morgan fingerprint density at radius 3 is 2.61 bits per heavy atom. The van der Waals surface area contributed by atoms with Crippen LogP contribution < -0.4 is 0 Å². The first kappa shape index (κ1) is 23.2. The molecule has 0 radical (unpaired) electrons. The van der Waals surface area contributed by atoms with Gasteiger partial charge in [-0.3, -0.25) is 14.5 Å². The van der Waals surface area contributed by atoms with E-state index in [9.17, 15) is 9.59 Å². The van der Waals surface area contributed by atoms with Gasteiger partial charge in [-0.25, -0.2) is 5.01 Å². The van der Waals surface area contributed by atoms with Crippen molar-refractivity contribution in [2.24, 2.45) is 11.0 Å². The standard InChI is InChI=1S/C27H33N3O3/c1-4-33-27(32)23-11-8-14-29(17-23)18-26(31)30-25(21-9-6-5-7-10-21)16-24(28-30)22-13-12-19(2)20(3)15-22/h5-7,9-10,12-13,15,23,25H,4,8,11,14,16-18H2,1-3H3/t23-,25+/m0/s1. The summed E-state index contributed by atoms with van der Waals surface area (Å²) in [7, 11) is 0. The third-order valence-corrected chi connectivity index (χ3v) is 6.67. The van der Waals surface area contributed by atoms with Crippen LogP contribution in [0.2, 0.25) is 0 Å². The van der Waals surface area contributed by atoms with Crippen LogP contribution in [-0.4, -0.2) is 53.7 Å². The van der Waals surface area contributed by atoms with Crippen LogP contribution in [0.4, 0.5) is 0 Å². The summed E-state index contributed by atoms with van der Waals surface area (Å²) in [6.07, 6.45) is 2.38. The Morgan fingerprint density at radius 1 is 1.09 bits per heavy atom. The second-order valence-electron chi connectivity index (χ2n) is 9.04. The maximum Gasteiger partial charge on any atom is 0.310 e. The Balaban J connectivity index is 1.54. The number of carbonyl (C=O) groups excluding carboxylic acids is 2. The predicted molar refractivity (Wildman–Crippen MR) is 129 cm³/mol. The first-order valence-electron chi connectivity index (χ1n) is 11.9. The van der Waals surface area contributed by atoms with E-state index in [1.165, 1.54) is 11.1 Å². The van der Waals surface area contributed by atoms with Gasteiger partial charge in [0.1, 0.15) is 0 Å². The molecule has 0 aromatic heterocycles. The van der Waals surface area contributed by atoms with E-state index >= 15 is 0 Å². The lowest BCUT2D eigenvalue weighted by atomic mass is 9.96. The molecule has 33 heavy (non-hydrogen) atoms. The summed E-state index contributed by atoms with van der Waals surface area (Å²) in [6.45, 7) is 8.02. The van der Waals surface area contributed by atoms with E-state index in [0.717, 1.165) is 36.2 Å². The van der Waals surface area contributed by atoms with Crippen molar-refractivity contribution >= 4 is 17.6 Å². The van der Waals surface area contributed by atoms with Gasteiger partial charge in [0.25, 0.3) is 5.91 Å². The predicted octanol–water partition coefficient (Wildman–Crippen LogP) is 4.26. The van der Waals surface area contributed by atoms with Crippen LogP contribution in [-0.2, 0) is 14.3 Å². The first-order valence-corrected chi connectivity index (χ1v) is 11.9. The van der Waals surface area contributed by atoms with Crippen LogP contribution in [0.3, 0.4) is 0 Å². The summed E-state index contributed by atoms with van der Waals surface area (Å²) in [5.41, 5.74) is 5.54. The quantitative estimate of drug-likeness (QED) is 0.621. The lowest BCUT2D eigenvalue weighted by Crippen LogP contribution is -2.44. The van der Waals surface area contributed by atoms with Crippen molar-refractivity contribution in [2.75, 3.05) is 26.2 Å². The van der Waals surface area contributed by atoms with Gasteiger partial charge in [0.05, 0.1) is 30.8 Å². The number of likely N-dealkylation sites (tertiary alicyclic amines) is 1. The zero-order valence-corrected chi connectivity index (χ0v) is 19.8. The average Bonchev–Trinajstić information content (AvgIpc) is 3.27. The fraction of sp³-hybridized carbons (Fsp3) is 0.444. The summed E-state index contributed by atoms with van der Waals surface area (Å²) in [5.74, 6) is -0.357. The van der Waals surface area contributed by atoms with Crippen molar-refractivity contribution in [2.45, 2.75) is 46.1 Å². The van der Waals surface area contributed by atoms with Crippen LogP contribution in [0.1, 0.15) is 54.5 Å². The molecule has 2 aliphatic rings. The van der Waals surface area contributed by atoms with Gasteiger partial charge in [0, 0.05) is 13.0 Å². The number of hydrazone groups is 1. The second kappa shape index (κ2) is 10.3. The summed E-state index contributed by atoms with van der Waals surface area (Å²) >= 11 is 0. The lowest BCUT2D eigenvalue weighted by molar-refractivity contribution is -0.150. The van der Waals surface area contributed by atoms with Crippen molar-refractivity contribution < 1.29 is 14.3 Å². The number of rotatable bonds is 6. The first-order chi connectivity index (χ1) is 16.0. The zero-order valence-electron chi connectivity index (χ0n) is 19.8. The Hall–Kier alpha value is -2.99. The number of esters is 1. The van der Waals surface area contributed by atoms with Gasteiger partial charge in [-0.1, -0.05) is 42.5 Å². The van der Waals surface area contributed by atoms with Crippen LogP contribution in [0.15, 0.2) is 53.6 Å². The zero-order chi connectivity index (χ0) is 23.4. The summed E-state index contributed by atoms with van der Waals surface area (Å²) in [6, 6.07) is 16.3. The van der Waals surface area contributed by atoms with E-state index in [0.29, 0.717) is 19.6 Å². The van der Waals surface area contributed by atoms with E-state index in [1.54, 1.807) is 5.01 Å². The molecule has 0 bridgehead atoms. The van der Waals surface area contributed by atoms with Crippen molar-refractivity contribution in [1.29, 1.82) is 0 Å². The van der Waals surface area contributed by atoms with Crippen molar-refractivity contribution in [3.05, 3.63) is 70.8 Å². The van der Waals surface area contributed by atoms with Gasteiger partial charge >= 0.3 is 5.97 Å².